The van der Waals surface area contributed by atoms with E-state index in [2.05, 4.69) is 4.74 Å². The van der Waals surface area contributed by atoms with Crippen molar-refractivity contribution >= 4 is 5.97 Å². The van der Waals surface area contributed by atoms with Gasteiger partial charge in [-0.3, -0.25) is 4.79 Å². The molecule has 1 saturated heterocycles. The number of esters is 1. The smallest absolute Gasteiger partial charge is 0.309 e. The van der Waals surface area contributed by atoms with Gasteiger partial charge in [0.05, 0.1) is 12.3 Å². The van der Waals surface area contributed by atoms with Crippen LogP contribution in [0.15, 0.2) is 30.3 Å². The Morgan fingerprint density at radius 2 is 2.07 bits per heavy atom. The maximum atomic E-state index is 13.8. The summed E-state index contributed by atoms with van der Waals surface area (Å²) in [4.78, 5) is 11.0. The monoisotopic (exact) mass is 194 g/mol. The molecule has 3 heteroatoms. The third kappa shape index (κ3) is 1.50. The number of hydrogen-bond acceptors (Lipinski definition) is 2. The summed E-state index contributed by atoms with van der Waals surface area (Å²) in [6.07, 6.45) is 0.122. The highest BCUT2D eigenvalue weighted by Gasteiger charge is 2.46. The average Bonchev–Trinajstić information content (AvgIpc) is 2.41. The Balaban J connectivity index is 2.32. The molecule has 1 aromatic carbocycles. The summed E-state index contributed by atoms with van der Waals surface area (Å²) < 4.78 is 18.4. The zero-order valence-electron chi connectivity index (χ0n) is 7.87. The van der Waals surface area contributed by atoms with E-state index in [0.717, 1.165) is 5.56 Å². The number of rotatable bonds is 1. The third-order valence-electron chi connectivity index (χ3n) is 2.51. The number of alkyl halides is 1. The zero-order valence-corrected chi connectivity index (χ0v) is 7.87. The SMILES string of the molecule is C[C@]1(F)OC(=O)C[C@H]1c1ccccc1. The van der Waals surface area contributed by atoms with Gasteiger partial charge in [0.2, 0.25) is 0 Å². The average molecular weight is 194 g/mol. The molecule has 2 rings (SSSR count). The van der Waals surface area contributed by atoms with Crippen molar-refractivity contribution in [2.45, 2.75) is 25.1 Å². The van der Waals surface area contributed by atoms with E-state index < -0.39 is 17.7 Å². The Kier molecular flexibility index (Phi) is 2.02. The predicted molar refractivity (Wildman–Crippen MR) is 49.4 cm³/mol. The molecule has 1 aliphatic heterocycles. The second-order valence-electron chi connectivity index (χ2n) is 3.63. The van der Waals surface area contributed by atoms with Crippen LogP contribution in [0.3, 0.4) is 0 Å². The van der Waals surface area contributed by atoms with Crippen LogP contribution in [0.1, 0.15) is 24.8 Å². The standard InChI is InChI=1S/C11H11FO2/c1-11(12)9(7-10(13)14-11)8-5-3-2-4-6-8/h2-6,9H,7H2,1H3/t9-,11-/m0/s1. The maximum Gasteiger partial charge on any atom is 0.309 e. The van der Waals surface area contributed by atoms with Gasteiger partial charge in [-0.1, -0.05) is 30.3 Å². The highest BCUT2D eigenvalue weighted by atomic mass is 19.2. The molecule has 0 amide bonds. The molecule has 74 valence electrons. The number of halogens is 1. The fourth-order valence-corrected chi connectivity index (χ4v) is 1.79. The van der Waals surface area contributed by atoms with Crippen LogP contribution >= 0.6 is 0 Å². The maximum absolute atomic E-state index is 13.8. The number of benzene rings is 1. The van der Waals surface area contributed by atoms with Crippen molar-refractivity contribution in [3.63, 3.8) is 0 Å². The Labute approximate surface area is 81.7 Å². The normalized spacial score (nSPS) is 31.6. The summed E-state index contributed by atoms with van der Waals surface area (Å²) in [6, 6.07) is 9.13. The third-order valence-corrected chi connectivity index (χ3v) is 2.51. The topological polar surface area (TPSA) is 26.3 Å². The minimum absolute atomic E-state index is 0.122. The minimum Gasteiger partial charge on any atom is -0.428 e. The highest BCUT2D eigenvalue weighted by molar-refractivity contribution is 5.74. The zero-order chi connectivity index (χ0) is 10.2. The number of carbonyl (C=O) groups is 1. The van der Waals surface area contributed by atoms with Gasteiger partial charge >= 0.3 is 5.97 Å². The van der Waals surface area contributed by atoms with Crippen molar-refractivity contribution in [3.8, 4) is 0 Å². The van der Waals surface area contributed by atoms with Crippen molar-refractivity contribution in [1.82, 2.24) is 0 Å². The molecule has 1 aliphatic rings. The van der Waals surface area contributed by atoms with Gasteiger partial charge in [-0.25, -0.2) is 0 Å². The van der Waals surface area contributed by atoms with Crippen LogP contribution in [0.2, 0.25) is 0 Å². The Bertz CT molecular complexity index is 346. The molecular weight excluding hydrogens is 183 g/mol. The molecule has 0 N–H and O–H groups in total. The van der Waals surface area contributed by atoms with Gasteiger partial charge < -0.3 is 4.74 Å². The van der Waals surface area contributed by atoms with Gasteiger partial charge in [-0.15, -0.1) is 0 Å². The van der Waals surface area contributed by atoms with Crippen LogP contribution in [0, 0.1) is 0 Å². The van der Waals surface area contributed by atoms with Gasteiger partial charge in [0, 0.05) is 6.92 Å². The van der Waals surface area contributed by atoms with E-state index in [1.54, 1.807) is 0 Å². The molecule has 0 bridgehead atoms. The van der Waals surface area contributed by atoms with E-state index in [9.17, 15) is 9.18 Å². The molecule has 1 heterocycles. The molecule has 0 aliphatic carbocycles. The summed E-state index contributed by atoms with van der Waals surface area (Å²) in [6.45, 7) is 1.30. The lowest BCUT2D eigenvalue weighted by atomic mass is 9.92. The minimum atomic E-state index is -1.86. The second kappa shape index (κ2) is 3.08. The molecule has 0 radical (unpaired) electrons. The number of carbonyl (C=O) groups excluding carboxylic acids is 1. The number of cyclic esters (lactones) is 1. The van der Waals surface area contributed by atoms with E-state index in [0.29, 0.717) is 0 Å². The van der Waals surface area contributed by atoms with Crippen LogP contribution in [0.5, 0.6) is 0 Å². The molecule has 0 unspecified atom stereocenters. The van der Waals surface area contributed by atoms with Crippen molar-refractivity contribution in [2.24, 2.45) is 0 Å². The molecule has 1 aromatic rings. The van der Waals surface area contributed by atoms with Crippen LogP contribution in [0.25, 0.3) is 0 Å². The van der Waals surface area contributed by atoms with Crippen LogP contribution in [-0.4, -0.2) is 11.8 Å². The summed E-state index contributed by atoms with van der Waals surface area (Å²) in [7, 11) is 0. The van der Waals surface area contributed by atoms with Crippen LogP contribution < -0.4 is 0 Å². The van der Waals surface area contributed by atoms with E-state index in [4.69, 9.17) is 0 Å². The molecule has 14 heavy (non-hydrogen) atoms. The van der Waals surface area contributed by atoms with Crippen LogP contribution in [0.4, 0.5) is 4.39 Å². The molecule has 0 spiro atoms. The van der Waals surface area contributed by atoms with Crippen molar-refractivity contribution in [3.05, 3.63) is 35.9 Å². The van der Waals surface area contributed by atoms with E-state index in [1.807, 2.05) is 30.3 Å². The molecular formula is C11H11FO2. The first-order chi connectivity index (χ1) is 6.59. The lowest BCUT2D eigenvalue weighted by molar-refractivity contribution is -0.162. The van der Waals surface area contributed by atoms with Gasteiger partial charge in [0.15, 0.2) is 0 Å². The summed E-state index contributed by atoms with van der Waals surface area (Å²) >= 11 is 0. The van der Waals surface area contributed by atoms with Crippen molar-refractivity contribution < 1.29 is 13.9 Å². The number of ether oxygens (including phenoxy) is 1. The quantitative estimate of drug-likeness (QED) is 0.642. The lowest BCUT2D eigenvalue weighted by Crippen LogP contribution is -2.23. The summed E-state index contributed by atoms with van der Waals surface area (Å²) in [5, 5.41) is 0. The summed E-state index contributed by atoms with van der Waals surface area (Å²) in [5.41, 5.74) is 0.809. The summed E-state index contributed by atoms with van der Waals surface area (Å²) in [5.74, 6) is -2.81. The van der Waals surface area contributed by atoms with Gasteiger partial charge in [0.1, 0.15) is 0 Å². The van der Waals surface area contributed by atoms with E-state index in [-0.39, 0.29) is 6.42 Å². The fraction of sp³-hybridized carbons (Fsp3) is 0.364. The van der Waals surface area contributed by atoms with Gasteiger partial charge in [0.25, 0.3) is 5.85 Å². The lowest BCUT2D eigenvalue weighted by Gasteiger charge is -2.20. The van der Waals surface area contributed by atoms with Gasteiger partial charge in [-0.2, -0.15) is 4.39 Å². The highest BCUT2D eigenvalue weighted by Crippen LogP contribution is 2.41. The number of hydrogen-bond donors (Lipinski definition) is 0. The first-order valence-electron chi connectivity index (χ1n) is 4.55. The second-order valence-corrected chi connectivity index (χ2v) is 3.63. The first-order valence-corrected chi connectivity index (χ1v) is 4.55. The molecule has 0 saturated carbocycles. The van der Waals surface area contributed by atoms with Crippen LogP contribution in [-0.2, 0) is 9.53 Å². The largest absolute Gasteiger partial charge is 0.428 e. The van der Waals surface area contributed by atoms with Crippen molar-refractivity contribution in [1.29, 1.82) is 0 Å². The molecule has 1 fully saturated rings. The first kappa shape index (κ1) is 9.19. The molecule has 2 atom stereocenters. The Morgan fingerprint density at radius 3 is 2.57 bits per heavy atom. The fourth-order valence-electron chi connectivity index (χ4n) is 1.79. The Hall–Kier alpha value is -1.38. The predicted octanol–water partition coefficient (Wildman–Crippen LogP) is 2.40. The van der Waals surface area contributed by atoms with Gasteiger partial charge in [-0.05, 0) is 5.56 Å². The molecule has 2 nitrogen and oxygen atoms in total. The van der Waals surface area contributed by atoms with Crippen molar-refractivity contribution in [2.75, 3.05) is 0 Å². The Morgan fingerprint density at radius 1 is 1.43 bits per heavy atom. The van der Waals surface area contributed by atoms with E-state index >= 15 is 0 Å². The molecule has 0 aromatic heterocycles. The van der Waals surface area contributed by atoms with E-state index in [1.165, 1.54) is 6.92 Å².